The number of unbranched alkanes of at least 4 members (excludes halogenated alkanes) is 1. The van der Waals surface area contributed by atoms with Crippen LogP contribution in [0.25, 0.3) is 0 Å². The van der Waals surface area contributed by atoms with Crippen molar-refractivity contribution in [1.29, 1.82) is 0 Å². The monoisotopic (exact) mass is 210 g/mol. The van der Waals surface area contributed by atoms with Crippen molar-refractivity contribution in [3.05, 3.63) is 0 Å². The van der Waals surface area contributed by atoms with Crippen LogP contribution in [0.5, 0.6) is 0 Å². The third kappa shape index (κ3) is 8.94. The Morgan fingerprint density at radius 3 is 2.00 bits per heavy atom. The van der Waals surface area contributed by atoms with Crippen molar-refractivity contribution in [1.82, 2.24) is 0 Å². The average molecular weight is 209 g/mol. The summed E-state index contributed by atoms with van der Waals surface area (Å²) < 4.78 is 0. The van der Waals surface area contributed by atoms with Crippen LogP contribution in [0.4, 0.5) is 0 Å². The topological polar surface area (TPSA) is 0 Å². The fourth-order valence-corrected chi connectivity index (χ4v) is 0.474. The van der Waals surface area contributed by atoms with Crippen LogP contribution >= 0.6 is 12.6 Å². The van der Waals surface area contributed by atoms with Crippen LogP contribution in [0.1, 0.15) is 19.8 Å². The molecule has 0 unspecified atom stereocenters. The first-order chi connectivity index (χ1) is 2.41. The molecule has 0 bridgehead atoms. The van der Waals surface area contributed by atoms with Crippen molar-refractivity contribution in [2.75, 3.05) is 5.75 Å². The molecule has 4 radical (unpaired) electrons. The summed E-state index contributed by atoms with van der Waals surface area (Å²) in [6.45, 7) is 2.16. The van der Waals surface area contributed by atoms with E-state index in [4.69, 9.17) is 0 Å². The number of hydrogen-bond acceptors (Lipinski definition) is 1. The molecule has 0 aliphatic carbocycles. The van der Waals surface area contributed by atoms with E-state index in [2.05, 4.69) is 19.6 Å². The molecule has 0 saturated heterocycles. The van der Waals surface area contributed by atoms with E-state index in [1.165, 1.54) is 12.8 Å². The smallest absolute Gasteiger partial charge is 0 e. The Balaban J connectivity index is 0. The van der Waals surface area contributed by atoms with Gasteiger partial charge in [-0.3, -0.25) is 0 Å². The van der Waals surface area contributed by atoms with Crippen LogP contribution in [-0.2, 0) is 0 Å². The van der Waals surface area contributed by atoms with Gasteiger partial charge in [-0.15, -0.1) is 0 Å². The summed E-state index contributed by atoms with van der Waals surface area (Å²) in [6.07, 6.45) is 2.52. The minimum Gasteiger partial charge on any atom is -0.179 e. The van der Waals surface area contributed by atoms with Crippen molar-refractivity contribution in [3.63, 3.8) is 0 Å². The molecule has 0 saturated carbocycles. The molecule has 2 heteroatoms. The third-order valence-corrected chi connectivity index (χ3v) is 0.828. The standard InChI is InChI=1S/C4H10S.Sn/c1-2-3-4-5;/h5H,2-4H2,1H3;. The van der Waals surface area contributed by atoms with Gasteiger partial charge in [0.15, 0.2) is 0 Å². The summed E-state index contributed by atoms with van der Waals surface area (Å²) in [5.74, 6) is 1.04. The second kappa shape index (κ2) is 9.47. The zero-order valence-corrected chi connectivity index (χ0v) is 7.82. The van der Waals surface area contributed by atoms with E-state index in [-0.39, 0.29) is 23.9 Å². The molecule has 0 N–H and O–H groups in total. The first-order valence-corrected chi connectivity index (χ1v) is 2.66. The molecule has 6 heavy (non-hydrogen) atoms. The molecule has 0 aliphatic rings. The van der Waals surface area contributed by atoms with Crippen LogP contribution in [0.2, 0.25) is 0 Å². The van der Waals surface area contributed by atoms with Gasteiger partial charge in [0.25, 0.3) is 0 Å². The molecule has 0 fully saturated rings. The molecule has 0 aromatic carbocycles. The van der Waals surface area contributed by atoms with Gasteiger partial charge >= 0.3 is 0 Å². The van der Waals surface area contributed by atoms with Gasteiger partial charge in [0, 0.05) is 23.9 Å². The summed E-state index contributed by atoms with van der Waals surface area (Å²) in [7, 11) is 0. The molecule has 0 aromatic heterocycles. The third-order valence-electron chi connectivity index (χ3n) is 0.512. The van der Waals surface area contributed by atoms with Crippen molar-refractivity contribution in [3.8, 4) is 0 Å². The fourth-order valence-electron chi connectivity index (χ4n) is 0.158. The molecule has 0 rings (SSSR count). The van der Waals surface area contributed by atoms with E-state index in [0.29, 0.717) is 0 Å². The zero-order valence-electron chi connectivity index (χ0n) is 4.07. The van der Waals surface area contributed by atoms with Gasteiger partial charge in [-0.25, -0.2) is 0 Å². The van der Waals surface area contributed by atoms with E-state index >= 15 is 0 Å². The molecule has 0 atom stereocenters. The molecule has 0 aromatic rings. The largest absolute Gasteiger partial charge is 0.179 e. The first kappa shape index (κ1) is 10.2. The van der Waals surface area contributed by atoms with E-state index in [1.807, 2.05) is 0 Å². The number of thiol groups is 1. The van der Waals surface area contributed by atoms with Gasteiger partial charge in [0.1, 0.15) is 0 Å². The predicted molar refractivity (Wildman–Crippen MR) is 34.5 cm³/mol. The van der Waals surface area contributed by atoms with Crippen molar-refractivity contribution in [2.24, 2.45) is 0 Å². The zero-order chi connectivity index (χ0) is 4.12. The minimum atomic E-state index is 0. The Bertz CT molecular complexity index is 15.0. The van der Waals surface area contributed by atoms with Crippen LogP contribution < -0.4 is 0 Å². The van der Waals surface area contributed by atoms with Crippen LogP contribution in [0.15, 0.2) is 0 Å². The molecule has 0 nitrogen and oxygen atoms in total. The minimum absolute atomic E-state index is 0. The summed E-state index contributed by atoms with van der Waals surface area (Å²) in [6, 6.07) is 0. The van der Waals surface area contributed by atoms with Crippen molar-refractivity contribution in [2.45, 2.75) is 19.8 Å². The quantitative estimate of drug-likeness (QED) is 0.514. The van der Waals surface area contributed by atoms with Crippen LogP contribution in [0.3, 0.4) is 0 Å². The normalized spacial score (nSPS) is 7.00. The van der Waals surface area contributed by atoms with E-state index < -0.39 is 0 Å². The molecular formula is C4H10SSn. The Hall–Kier alpha value is 1.15. The molecular weight excluding hydrogens is 199 g/mol. The average Bonchev–Trinajstić information content (AvgIpc) is 1.41. The van der Waals surface area contributed by atoms with Gasteiger partial charge in [-0.2, -0.15) is 12.6 Å². The number of hydrogen-bond donors (Lipinski definition) is 1. The summed E-state index contributed by atoms with van der Waals surface area (Å²) in [5.41, 5.74) is 0. The number of rotatable bonds is 2. The van der Waals surface area contributed by atoms with Gasteiger partial charge in [0.2, 0.25) is 0 Å². The summed E-state index contributed by atoms with van der Waals surface area (Å²) >= 11 is 4.00. The first-order valence-electron chi connectivity index (χ1n) is 2.02. The molecule has 0 amide bonds. The van der Waals surface area contributed by atoms with Crippen molar-refractivity contribution >= 4 is 36.5 Å². The Kier molecular flexibility index (Phi) is 16.1. The van der Waals surface area contributed by atoms with Gasteiger partial charge in [-0.1, -0.05) is 13.3 Å². The Labute approximate surface area is 62.1 Å². The second-order valence-electron chi connectivity index (χ2n) is 1.08. The Morgan fingerprint density at radius 1 is 1.50 bits per heavy atom. The van der Waals surface area contributed by atoms with E-state index in [1.54, 1.807) is 0 Å². The van der Waals surface area contributed by atoms with E-state index in [9.17, 15) is 0 Å². The molecule has 0 aliphatic heterocycles. The molecule has 0 spiro atoms. The summed E-state index contributed by atoms with van der Waals surface area (Å²) in [4.78, 5) is 0. The van der Waals surface area contributed by atoms with Gasteiger partial charge in [0.05, 0.1) is 0 Å². The maximum atomic E-state index is 4.00. The second-order valence-corrected chi connectivity index (χ2v) is 1.52. The Morgan fingerprint density at radius 2 is 2.00 bits per heavy atom. The molecule has 0 heterocycles. The SMILES string of the molecule is CCCCS.[Sn]. The van der Waals surface area contributed by atoms with Gasteiger partial charge in [-0.05, 0) is 12.2 Å². The van der Waals surface area contributed by atoms with E-state index in [0.717, 1.165) is 5.75 Å². The fraction of sp³-hybridized carbons (Fsp3) is 1.00. The maximum Gasteiger partial charge on any atom is 0 e. The predicted octanol–water partition coefficient (Wildman–Crippen LogP) is 1.34. The van der Waals surface area contributed by atoms with Gasteiger partial charge < -0.3 is 0 Å². The summed E-state index contributed by atoms with van der Waals surface area (Å²) in [5, 5.41) is 0. The molecule has 36 valence electrons. The maximum absolute atomic E-state index is 4.00. The van der Waals surface area contributed by atoms with Crippen LogP contribution in [-0.4, -0.2) is 29.7 Å². The van der Waals surface area contributed by atoms with Crippen molar-refractivity contribution < 1.29 is 0 Å². The van der Waals surface area contributed by atoms with Crippen LogP contribution in [0, 0.1) is 0 Å².